The fraction of sp³-hybridized carbons (Fsp3) is 0.455. The zero-order valence-electron chi connectivity index (χ0n) is 8.78. The smallest absolute Gasteiger partial charge is 0.223 e. The van der Waals surface area contributed by atoms with E-state index in [0.717, 1.165) is 17.4 Å². The molecule has 0 bridgehead atoms. The molecular formula is C11H13BrN2O2. The number of halogens is 1. The summed E-state index contributed by atoms with van der Waals surface area (Å²) < 4.78 is 6.16. The molecule has 0 unspecified atom stereocenters. The molecule has 0 aliphatic heterocycles. The van der Waals surface area contributed by atoms with E-state index in [9.17, 15) is 4.79 Å². The molecule has 0 spiro atoms. The van der Waals surface area contributed by atoms with Gasteiger partial charge in [-0.2, -0.15) is 0 Å². The summed E-state index contributed by atoms with van der Waals surface area (Å²) in [7, 11) is 0. The third kappa shape index (κ3) is 3.81. The molecule has 1 fully saturated rings. The molecule has 1 N–H and O–H groups in total. The summed E-state index contributed by atoms with van der Waals surface area (Å²) in [4.78, 5) is 15.3. The van der Waals surface area contributed by atoms with E-state index in [-0.39, 0.29) is 5.91 Å². The van der Waals surface area contributed by atoms with E-state index in [2.05, 4.69) is 26.2 Å². The third-order valence-electron chi connectivity index (χ3n) is 2.24. The molecule has 1 aliphatic carbocycles. The highest BCUT2D eigenvalue weighted by molar-refractivity contribution is 9.10. The molecule has 1 heterocycles. The van der Waals surface area contributed by atoms with E-state index in [1.807, 2.05) is 6.07 Å². The van der Waals surface area contributed by atoms with E-state index >= 15 is 0 Å². The van der Waals surface area contributed by atoms with Gasteiger partial charge in [-0.25, -0.2) is 4.98 Å². The van der Waals surface area contributed by atoms with Crippen LogP contribution in [-0.2, 0) is 4.79 Å². The summed E-state index contributed by atoms with van der Waals surface area (Å²) in [5.74, 6) is 0.745. The maximum absolute atomic E-state index is 11.3. The van der Waals surface area contributed by atoms with Gasteiger partial charge >= 0.3 is 0 Å². The number of hydrogen-bond donors (Lipinski definition) is 1. The molecule has 5 heteroatoms. The highest BCUT2D eigenvalue weighted by Gasteiger charge is 2.22. The van der Waals surface area contributed by atoms with Crippen LogP contribution in [0.3, 0.4) is 0 Å². The number of carbonyl (C=O) groups is 1. The zero-order chi connectivity index (χ0) is 11.4. The minimum absolute atomic E-state index is 0.0626. The molecule has 0 aromatic carbocycles. The van der Waals surface area contributed by atoms with E-state index < -0.39 is 0 Å². The highest BCUT2D eigenvalue weighted by Crippen LogP contribution is 2.18. The first-order chi connectivity index (χ1) is 7.74. The lowest BCUT2D eigenvalue weighted by atomic mass is 10.4. The molecule has 16 heavy (non-hydrogen) atoms. The van der Waals surface area contributed by atoms with Gasteiger partial charge in [0.15, 0.2) is 0 Å². The van der Waals surface area contributed by atoms with Gasteiger partial charge in [0.1, 0.15) is 10.4 Å². The van der Waals surface area contributed by atoms with Gasteiger partial charge in [-0.1, -0.05) is 0 Å². The molecule has 1 aromatic rings. The number of nitrogens with zero attached hydrogens (tertiary/aromatic N) is 1. The molecule has 4 nitrogen and oxygen atoms in total. The number of aromatic nitrogens is 1. The minimum Gasteiger partial charge on any atom is -0.491 e. The minimum atomic E-state index is 0.0626. The Kier molecular flexibility index (Phi) is 3.77. The quantitative estimate of drug-likeness (QED) is 0.840. The molecule has 1 aromatic heterocycles. The normalized spacial score (nSPS) is 14.6. The van der Waals surface area contributed by atoms with Crippen molar-refractivity contribution in [2.45, 2.75) is 25.3 Å². The Labute approximate surface area is 103 Å². The molecule has 1 amide bonds. The maximum atomic E-state index is 11.3. The first-order valence-corrected chi connectivity index (χ1v) is 6.07. The van der Waals surface area contributed by atoms with E-state index in [0.29, 0.717) is 24.8 Å². The van der Waals surface area contributed by atoms with Crippen molar-refractivity contribution in [3.05, 3.63) is 22.9 Å². The van der Waals surface area contributed by atoms with Crippen molar-refractivity contribution in [1.29, 1.82) is 0 Å². The Morgan fingerprint density at radius 3 is 3.00 bits per heavy atom. The van der Waals surface area contributed by atoms with Gasteiger partial charge in [0.05, 0.1) is 19.2 Å². The van der Waals surface area contributed by atoms with Crippen molar-refractivity contribution in [2.24, 2.45) is 0 Å². The van der Waals surface area contributed by atoms with E-state index in [1.165, 1.54) is 0 Å². The molecule has 0 saturated heterocycles. The molecule has 0 atom stereocenters. The number of nitrogens with one attached hydrogen (secondary N) is 1. The summed E-state index contributed by atoms with van der Waals surface area (Å²) in [5.41, 5.74) is 0. The first-order valence-electron chi connectivity index (χ1n) is 5.28. The number of rotatable bonds is 5. The largest absolute Gasteiger partial charge is 0.491 e. The number of amides is 1. The summed E-state index contributed by atoms with van der Waals surface area (Å²) in [6, 6.07) is 4.04. The summed E-state index contributed by atoms with van der Waals surface area (Å²) in [5, 5.41) is 2.91. The Hall–Kier alpha value is -1.10. The number of hydrogen-bond acceptors (Lipinski definition) is 3. The van der Waals surface area contributed by atoms with Crippen LogP contribution in [-0.4, -0.2) is 23.5 Å². The van der Waals surface area contributed by atoms with Gasteiger partial charge in [-0.3, -0.25) is 4.79 Å². The SMILES string of the molecule is O=C(CCOc1ccc(Br)nc1)NC1CC1. The third-order valence-corrected chi connectivity index (χ3v) is 2.71. The average Bonchev–Trinajstić information content (AvgIpc) is 3.05. The number of carbonyl (C=O) groups excluding carboxylic acids is 1. The van der Waals surface area contributed by atoms with Gasteiger partial charge < -0.3 is 10.1 Å². The van der Waals surface area contributed by atoms with Crippen molar-refractivity contribution in [3.63, 3.8) is 0 Å². The topological polar surface area (TPSA) is 51.2 Å². The maximum Gasteiger partial charge on any atom is 0.223 e. The van der Waals surface area contributed by atoms with Crippen LogP contribution in [0.4, 0.5) is 0 Å². The standard InChI is InChI=1S/C11H13BrN2O2/c12-10-4-3-9(7-13-10)16-6-5-11(15)14-8-1-2-8/h3-4,7-8H,1-2,5-6H2,(H,14,15). The molecule has 1 saturated carbocycles. The second kappa shape index (κ2) is 5.30. The predicted octanol–water partition coefficient (Wildman–Crippen LogP) is 1.89. The molecule has 1 aliphatic rings. The van der Waals surface area contributed by atoms with E-state index in [1.54, 1.807) is 12.3 Å². The van der Waals surface area contributed by atoms with Crippen molar-refractivity contribution in [1.82, 2.24) is 10.3 Å². The van der Waals surface area contributed by atoms with Crippen molar-refractivity contribution in [2.75, 3.05) is 6.61 Å². The van der Waals surface area contributed by atoms with Gasteiger partial charge in [0.2, 0.25) is 5.91 Å². The summed E-state index contributed by atoms with van der Waals surface area (Å²) in [6.45, 7) is 0.391. The van der Waals surface area contributed by atoms with Crippen molar-refractivity contribution in [3.8, 4) is 5.75 Å². The Morgan fingerprint density at radius 1 is 1.56 bits per heavy atom. The van der Waals surface area contributed by atoms with Crippen LogP contribution in [0.5, 0.6) is 5.75 Å². The highest BCUT2D eigenvalue weighted by atomic mass is 79.9. The summed E-state index contributed by atoms with van der Waals surface area (Å²) >= 11 is 3.24. The zero-order valence-corrected chi connectivity index (χ0v) is 10.4. The number of pyridine rings is 1. The van der Waals surface area contributed by atoms with Crippen LogP contribution < -0.4 is 10.1 Å². The van der Waals surface area contributed by atoms with Crippen molar-refractivity contribution >= 4 is 21.8 Å². The fourth-order valence-corrected chi connectivity index (χ4v) is 1.47. The van der Waals surface area contributed by atoms with Crippen LogP contribution in [0, 0.1) is 0 Å². The molecule has 2 rings (SSSR count). The monoisotopic (exact) mass is 284 g/mol. The van der Waals surface area contributed by atoms with Gasteiger partial charge in [-0.05, 0) is 40.9 Å². The van der Waals surface area contributed by atoms with Gasteiger partial charge in [0, 0.05) is 6.04 Å². The van der Waals surface area contributed by atoms with Crippen LogP contribution in [0.15, 0.2) is 22.9 Å². The summed E-state index contributed by atoms with van der Waals surface area (Å²) in [6.07, 6.45) is 4.25. The Morgan fingerprint density at radius 2 is 2.38 bits per heavy atom. The second-order valence-electron chi connectivity index (χ2n) is 3.76. The Balaban J connectivity index is 1.66. The molecular weight excluding hydrogens is 272 g/mol. The van der Waals surface area contributed by atoms with Gasteiger partial charge in [-0.15, -0.1) is 0 Å². The van der Waals surface area contributed by atoms with Crippen LogP contribution in [0.1, 0.15) is 19.3 Å². The first kappa shape index (κ1) is 11.4. The van der Waals surface area contributed by atoms with E-state index in [4.69, 9.17) is 4.74 Å². The number of ether oxygens (including phenoxy) is 1. The van der Waals surface area contributed by atoms with Crippen LogP contribution in [0.25, 0.3) is 0 Å². The average molecular weight is 285 g/mol. The van der Waals surface area contributed by atoms with Crippen LogP contribution >= 0.6 is 15.9 Å². The lowest BCUT2D eigenvalue weighted by Gasteiger charge is -2.06. The van der Waals surface area contributed by atoms with Crippen molar-refractivity contribution < 1.29 is 9.53 Å². The molecule has 0 radical (unpaired) electrons. The predicted molar refractivity (Wildman–Crippen MR) is 63.2 cm³/mol. The van der Waals surface area contributed by atoms with Gasteiger partial charge in [0.25, 0.3) is 0 Å². The van der Waals surface area contributed by atoms with Crippen LogP contribution in [0.2, 0.25) is 0 Å². The lowest BCUT2D eigenvalue weighted by molar-refractivity contribution is -0.121. The fourth-order valence-electron chi connectivity index (χ4n) is 1.24. The Bertz CT molecular complexity index is 363. The second-order valence-corrected chi connectivity index (χ2v) is 4.57. The molecule has 86 valence electrons. The lowest BCUT2D eigenvalue weighted by Crippen LogP contribution is -2.26.